The van der Waals surface area contributed by atoms with E-state index in [0.29, 0.717) is 0 Å². The Morgan fingerprint density at radius 2 is 1.00 bits per heavy atom. The van der Waals surface area contributed by atoms with Gasteiger partial charge in [0.15, 0.2) is 0 Å². The first kappa shape index (κ1) is 15.8. The summed E-state index contributed by atoms with van der Waals surface area (Å²) in [5, 5.41) is 0. The van der Waals surface area contributed by atoms with E-state index in [0.717, 1.165) is 0 Å². The van der Waals surface area contributed by atoms with E-state index in [9.17, 15) is 0 Å². The Balaban J connectivity index is 4.18. The Labute approximate surface area is 102 Å². The van der Waals surface area contributed by atoms with E-state index in [1.54, 1.807) is 24.2 Å². The van der Waals surface area contributed by atoms with Crippen molar-refractivity contribution in [1.29, 1.82) is 0 Å². The Kier molecular flexibility index (Phi) is 10.5. The van der Waals surface area contributed by atoms with Gasteiger partial charge in [-0.3, -0.25) is 0 Å². The van der Waals surface area contributed by atoms with E-state index < -0.39 is 18.4 Å². The van der Waals surface area contributed by atoms with Crippen molar-refractivity contribution >= 4 is 18.4 Å². The quantitative estimate of drug-likeness (QED) is 0.350. The third-order valence-corrected chi connectivity index (χ3v) is 21.1. The molecule has 0 aromatic carbocycles. The third kappa shape index (κ3) is 6.86. The average Bonchev–Trinajstić information content (AvgIpc) is 2.19. The van der Waals surface area contributed by atoms with Crippen LogP contribution in [0.4, 0.5) is 0 Å². The van der Waals surface area contributed by atoms with Crippen molar-refractivity contribution in [2.24, 2.45) is 0 Å². The molecule has 0 unspecified atom stereocenters. The molecule has 0 rings (SSSR count). The van der Waals surface area contributed by atoms with Crippen molar-refractivity contribution in [3.8, 4) is 0 Å². The minimum atomic E-state index is -1.62. The van der Waals surface area contributed by atoms with Crippen LogP contribution in [0.1, 0.15) is 66.2 Å². The van der Waals surface area contributed by atoms with Gasteiger partial charge in [-0.25, -0.2) is 0 Å². The fraction of sp³-hybridized carbons (Fsp3) is 1.00. The summed E-state index contributed by atoms with van der Waals surface area (Å²) in [5.74, 6) is 0. The molecule has 0 aliphatic heterocycles. The number of rotatable bonds is 10. The fourth-order valence-corrected chi connectivity index (χ4v) is 19.3. The molecule has 0 radical (unpaired) electrons. The molecular weight excluding hydrogens is 287 g/mol. The molecule has 0 bridgehead atoms. The SMILES string of the molecule is CCCC[CH2][Sn]([CH2]CC)([CH2]CC)[CH2]CC. The molecular formula is C14H32Sn. The zero-order valence-corrected chi connectivity index (χ0v) is 14.4. The standard InChI is InChI=1S/C5H11.3C3H7.Sn/c1-3-5-4-2;3*1-3-2;/h1,3-5H2,2H3;3*1,3H2,2H3;. The first-order chi connectivity index (χ1) is 7.24. The van der Waals surface area contributed by atoms with Crippen LogP contribution in [0.2, 0.25) is 17.7 Å². The summed E-state index contributed by atoms with van der Waals surface area (Å²) in [6.45, 7) is 9.53. The van der Waals surface area contributed by atoms with Crippen molar-refractivity contribution in [3.05, 3.63) is 0 Å². The van der Waals surface area contributed by atoms with Gasteiger partial charge in [0.25, 0.3) is 0 Å². The molecule has 15 heavy (non-hydrogen) atoms. The topological polar surface area (TPSA) is 0 Å². The summed E-state index contributed by atoms with van der Waals surface area (Å²) < 4.78 is 6.69. The van der Waals surface area contributed by atoms with Crippen molar-refractivity contribution in [3.63, 3.8) is 0 Å². The van der Waals surface area contributed by atoms with Crippen molar-refractivity contribution in [2.45, 2.75) is 84.0 Å². The van der Waals surface area contributed by atoms with Crippen LogP contribution in [0.3, 0.4) is 0 Å². The molecule has 0 aromatic rings. The second-order valence-corrected chi connectivity index (χ2v) is 19.5. The molecule has 0 amide bonds. The maximum atomic E-state index is 2.40. The molecule has 0 aliphatic carbocycles. The Bertz CT molecular complexity index is 114. The molecule has 0 saturated heterocycles. The predicted molar refractivity (Wildman–Crippen MR) is 75.4 cm³/mol. The third-order valence-electron chi connectivity index (χ3n) is 3.65. The van der Waals surface area contributed by atoms with Crippen LogP contribution in [-0.2, 0) is 0 Å². The number of hydrogen-bond donors (Lipinski definition) is 0. The maximum absolute atomic E-state index is 2.40. The molecule has 0 aliphatic rings. The van der Waals surface area contributed by atoms with E-state index in [4.69, 9.17) is 0 Å². The van der Waals surface area contributed by atoms with Crippen LogP contribution in [-0.4, -0.2) is 18.4 Å². The van der Waals surface area contributed by atoms with Crippen LogP contribution in [0.25, 0.3) is 0 Å². The minimum absolute atomic E-state index is 1.40. The molecule has 1 heteroatoms. The summed E-state index contributed by atoms with van der Waals surface area (Å²) in [5.41, 5.74) is 0. The summed E-state index contributed by atoms with van der Waals surface area (Å²) in [6, 6.07) is 0. The van der Waals surface area contributed by atoms with Gasteiger partial charge < -0.3 is 0 Å². The normalized spacial score (nSPS) is 12.0. The van der Waals surface area contributed by atoms with Gasteiger partial charge in [-0.15, -0.1) is 0 Å². The summed E-state index contributed by atoms with van der Waals surface area (Å²) in [7, 11) is 0. The van der Waals surface area contributed by atoms with Crippen molar-refractivity contribution < 1.29 is 0 Å². The van der Waals surface area contributed by atoms with Gasteiger partial charge >= 0.3 is 102 Å². The Hall–Kier alpha value is 0.799. The zero-order valence-electron chi connectivity index (χ0n) is 11.6. The first-order valence-corrected chi connectivity index (χ1v) is 15.3. The van der Waals surface area contributed by atoms with Crippen LogP contribution in [0.5, 0.6) is 0 Å². The fourth-order valence-electron chi connectivity index (χ4n) is 3.09. The molecule has 92 valence electrons. The molecule has 0 nitrogen and oxygen atoms in total. The molecule has 0 atom stereocenters. The number of hydrogen-bond acceptors (Lipinski definition) is 0. The van der Waals surface area contributed by atoms with Crippen LogP contribution in [0.15, 0.2) is 0 Å². The van der Waals surface area contributed by atoms with Gasteiger partial charge in [0.1, 0.15) is 0 Å². The van der Waals surface area contributed by atoms with Crippen molar-refractivity contribution in [1.82, 2.24) is 0 Å². The second kappa shape index (κ2) is 9.99. The summed E-state index contributed by atoms with van der Waals surface area (Å²) >= 11 is -1.62. The second-order valence-electron chi connectivity index (χ2n) is 5.21. The van der Waals surface area contributed by atoms with E-state index in [1.807, 2.05) is 0 Å². The van der Waals surface area contributed by atoms with Crippen LogP contribution in [0, 0.1) is 0 Å². The van der Waals surface area contributed by atoms with Gasteiger partial charge in [0.05, 0.1) is 0 Å². The van der Waals surface area contributed by atoms with E-state index in [1.165, 1.54) is 32.1 Å². The molecule has 0 aromatic heterocycles. The molecule has 0 saturated carbocycles. The van der Waals surface area contributed by atoms with Gasteiger partial charge in [0.2, 0.25) is 0 Å². The summed E-state index contributed by atoms with van der Waals surface area (Å²) in [4.78, 5) is 0. The van der Waals surface area contributed by atoms with Gasteiger partial charge in [0, 0.05) is 0 Å². The Morgan fingerprint density at radius 1 is 0.533 bits per heavy atom. The van der Waals surface area contributed by atoms with E-state index in [2.05, 4.69) is 27.7 Å². The number of unbranched alkanes of at least 4 members (excludes halogenated alkanes) is 2. The molecule has 0 heterocycles. The monoisotopic (exact) mass is 320 g/mol. The molecule has 0 N–H and O–H groups in total. The van der Waals surface area contributed by atoms with Crippen molar-refractivity contribution in [2.75, 3.05) is 0 Å². The van der Waals surface area contributed by atoms with Gasteiger partial charge in [-0.1, -0.05) is 0 Å². The summed E-state index contributed by atoms with van der Waals surface area (Å²) in [6.07, 6.45) is 8.81. The average molecular weight is 319 g/mol. The Morgan fingerprint density at radius 3 is 1.33 bits per heavy atom. The molecule has 0 fully saturated rings. The first-order valence-electron chi connectivity index (χ1n) is 7.24. The van der Waals surface area contributed by atoms with E-state index in [-0.39, 0.29) is 0 Å². The van der Waals surface area contributed by atoms with Gasteiger partial charge in [-0.2, -0.15) is 0 Å². The van der Waals surface area contributed by atoms with Gasteiger partial charge in [-0.05, 0) is 0 Å². The zero-order chi connectivity index (χ0) is 11.6. The van der Waals surface area contributed by atoms with Crippen LogP contribution < -0.4 is 0 Å². The van der Waals surface area contributed by atoms with Crippen LogP contribution >= 0.6 is 0 Å². The predicted octanol–water partition coefficient (Wildman–Crippen LogP) is 5.86. The molecule has 0 spiro atoms. The van der Waals surface area contributed by atoms with E-state index >= 15 is 0 Å².